The van der Waals surface area contributed by atoms with Crippen molar-refractivity contribution in [3.63, 3.8) is 0 Å². The molecule has 2 heterocycles. The molecule has 130 valence electrons. The zero-order chi connectivity index (χ0) is 17.1. The molecule has 2 amide bonds. The smallest absolute Gasteiger partial charge is 0.255 e. The van der Waals surface area contributed by atoms with E-state index in [0.29, 0.717) is 23.7 Å². The number of hydrogen-bond donors (Lipinski definition) is 0. The average Bonchev–Trinajstić information content (AvgIpc) is 2.63. The molecule has 0 unspecified atom stereocenters. The molecule has 3 rings (SSSR count). The fourth-order valence-corrected chi connectivity index (χ4v) is 4.09. The average molecular weight is 414 g/mol. The van der Waals surface area contributed by atoms with E-state index < -0.39 is 0 Å². The van der Waals surface area contributed by atoms with Gasteiger partial charge in [-0.3, -0.25) is 9.59 Å². The van der Waals surface area contributed by atoms with E-state index in [1.54, 1.807) is 12.1 Å². The van der Waals surface area contributed by atoms with Gasteiger partial charge < -0.3 is 9.80 Å². The first-order valence-electron chi connectivity index (χ1n) is 8.59. The Morgan fingerprint density at radius 2 is 1.67 bits per heavy atom. The fourth-order valence-electron chi connectivity index (χ4n) is 3.53. The topological polar surface area (TPSA) is 40.6 Å². The van der Waals surface area contributed by atoms with Gasteiger partial charge in [-0.2, -0.15) is 0 Å². The van der Waals surface area contributed by atoms with E-state index in [1.807, 2.05) is 15.9 Å². The van der Waals surface area contributed by atoms with Crippen molar-refractivity contribution in [3.05, 3.63) is 33.3 Å². The molecule has 2 aliphatic rings. The maximum absolute atomic E-state index is 12.7. The molecule has 0 aliphatic carbocycles. The Labute approximate surface area is 156 Å². The summed E-state index contributed by atoms with van der Waals surface area (Å²) in [5.41, 5.74) is 0.520. The molecule has 0 atom stereocenters. The Bertz CT molecular complexity index is 623. The highest BCUT2D eigenvalue weighted by molar-refractivity contribution is 9.10. The normalized spacial score (nSPS) is 19.4. The van der Waals surface area contributed by atoms with Crippen molar-refractivity contribution in [2.45, 2.75) is 32.1 Å². The predicted octanol–water partition coefficient (Wildman–Crippen LogP) is 3.97. The minimum atomic E-state index is -0.0508. The lowest BCUT2D eigenvalue weighted by Crippen LogP contribution is -2.45. The highest BCUT2D eigenvalue weighted by Crippen LogP contribution is 2.26. The van der Waals surface area contributed by atoms with Crippen molar-refractivity contribution < 1.29 is 9.59 Å². The van der Waals surface area contributed by atoms with Crippen LogP contribution >= 0.6 is 27.5 Å². The monoisotopic (exact) mass is 412 g/mol. The SMILES string of the molecule is O=C(c1cc(Br)ccc1Cl)N1CCC(C(=O)N2CCCCC2)CC1. The van der Waals surface area contributed by atoms with Crippen LogP contribution in [-0.2, 0) is 4.79 Å². The lowest BCUT2D eigenvalue weighted by molar-refractivity contribution is -0.137. The molecule has 1 aromatic rings. The third-order valence-electron chi connectivity index (χ3n) is 4.96. The fraction of sp³-hybridized carbons (Fsp3) is 0.556. The number of piperidine rings is 2. The van der Waals surface area contributed by atoms with Crippen molar-refractivity contribution in [1.82, 2.24) is 9.80 Å². The van der Waals surface area contributed by atoms with E-state index in [4.69, 9.17) is 11.6 Å². The van der Waals surface area contributed by atoms with Crippen LogP contribution in [0.25, 0.3) is 0 Å². The number of nitrogens with zero attached hydrogens (tertiary/aromatic N) is 2. The van der Waals surface area contributed by atoms with Crippen LogP contribution in [-0.4, -0.2) is 47.8 Å². The lowest BCUT2D eigenvalue weighted by atomic mass is 9.94. The van der Waals surface area contributed by atoms with Gasteiger partial charge in [0, 0.05) is 36.6 Å². The first-order chi connectivity index (χ1) is 11.6. The third kappa shape index (κ3) is 3.94. The number of benzene rings is 1. The second-order valence-electron chi connectivity index (χ2n) is 6.58. The highest BCUT2D eigenvalue weighted by atomic mass is 79.9. The van der Waals surface area contributed by atoms with Gasteiger partial charge in [0.1, 0.15) is 0 Å². The molecule has 0 aromatic heterocycles. The third-order valence-corrected chi connectivity index (χ3v) is 5.78. The van der Waals surface area contributed by atoms with Crippen LogP contribution in [0.3, 0.4) is 0 Å². The molecular weight excluding hydrogens is 392 g/mol. The van der Waals surface area contributed by atoms with Gasteiger partial charge >= 0.3 is 0 Å². The van der Waals surface area contributed by atoms with Gasteiger partial charge in [-0.05, 0) is 50.3 Å². The van der Waals surface area contributed by atoms with Gasteiger partial charge in [-0.1, -0.05) is 27.5 Å². The van der Waals surface area contributed by atoms with Gasteiger partial charge in [0.25, 0.3) is 5.91 Å². The standard InChI is InChI=1S/C18H22BrClN2O2/c19-14-4-5-16(20)15(12-14)18(24)22-10-6-13(7-11-22)17(23)21-8-2-1-3-9-21/h4-5,12-13H,1-3,6-11H2. The summed E-state index contributed by atoms with van der Waals surface area (Å²) >= 11 is 9.54. The van der Waals surface area contributed by atoms with E-state index in [1.165, 1.54) is 6.42 Å². The summed E-state index contributed by atoms with van der Waals surface area (Å²) in [5.74, 6) is 0.289. The number of likely N-dealkylation sites (tertiary alicyclic amines) is 2. The van der Waals surface area contributed by atoms with Crippen molar-refractivity contribution in [2.24, 2.45) is 5.92 Å². The molecule has 24 heavy (non-hydrogen) atoms. The number of rotatable bonds is 2. The Kier molecular flexibility index (Phi) is 5.82. The molecule has 2 aliphatic heterocycles. The zero-order valence-electron chi connectivity index (χ0n) is 13.6. The molecule has 0 spiro atoms. The molecule has 0 N–H and O–H groups in total. The van der Waals surface area contributed by atoms with Gasteiger partial charge in [0.05, 0.1) is 10.6 Å². The van der Waals surface area contributed by atoms with Crippen LogP contribution < -0.4 is 0 Å². The van der Waals surface area contributed by atoms with E-state index in [9.17, 15) is 9.59 Å². The molecular formula is C18H22BrClN2O2. The number of amides is 2. The Balaban J connectivity index is 1.59. The van der Waals surface area contributed by atoms with Gasteiger partial charge in [-0.15, -0.1) is 0 Å². The minimum absolute atomic E-state index is 0.0508. The number of carbonyl (C=O) groups excluding carboxylic acids is 2. The molecule has 1 aromatic carbocycles. The second kappa shape index (κ2) is 7.87. The molecule has 2 saturated heterocycles. The van der Waals surface area contributed by atoms with Crippen LogP contribution in [0.2, 0.25) is 5.02 Å². The van der Waals surface area contributed by atoms with Gasteiger partial charge in [0.15, 0.2) is 0 Å². The van der Waals surface area contributed by atoms with Crippen LogP contribution in [0.15, 0.2) is 22.7 Å². The molecule has 0 bridgehead atoms. The molecule has 4 nitrogen and oxygen atoms in total. The van der Waals surface area contributed by atoms with Crippen molar-refractivity contribution in [2.75, 3.05) is 26.2 Å². The number of halogens is 2. The molecule has 6 heteroatoms. The van der Waals surface area contributed by atoms with Crippen molar-refractivity contribution in [1.29, 1.82) is 0 Å². The van der Waals surface area contributed by atoms with Crippen molar-refractivity contribution >= 4 is 39.3 Å². The van der Waals surface area contributed by atoms with Crippen molar-refractivity contribution in [3.8, 4) is 0 Å². The summed E-state index contributed by atoms with van der Waals surface area (Å²) in [6, 6.07) is 5.31. The summed E-state index contributed by atoms with van der Waals surface area (Å²) in [5, 5.41) is 0.467. The summed E-state index contributed by atoms with van der Waals surface area (Å²) in [4.78, 5) is 29.1. The second-order valence-corrected chi connectivity index (χ2v) is 7.90. The summed E-state index contributed by atoms with van der Waals surface area (Å²) in [6.45, 7) is 3.02. The van der Waals surface area contributed by atoms with E-state index in [2.05, 4.69) is 15.9 Å². The highest BCUT2D eigenvalue weighted by Gasteiger charge is 2.31. The number of carbonyl (C=O) groups is 2. The largest absolute Gasteiger partial charge is 0.342 e. The summed E-state index contributed by atoms with van der Waals surface area (Å²) < 4.78 is 0.838. The summed E-state index contributed by atoms with van der Waals surface area (Å²) in [7, 11) is 0. The molecule has 2 fully saturated rings. The van der Waals surface area contributed by atoms with Gasteiger partial charge in [0.2, 0.25) is 5.91 Å². The minimum Gasteiger partial charge on any atom is -0.342 e. The van der Waals surface area contributed by atoms with Crippen LogP contribution in [0.4, 0.5) is 0 Å². The van der Waals surface area contributed by atoms with Crippen LogP contribution in [0.5, 0.6) is 0 Å². The molecule has 0 radical (unpaired) electrons. The van der Waals surface area contributed by atoms with Crippen LogP contribution in [0.1, 0.15) is 42.5 Å². The van der Waals surface area contributed by atoms with E-state index in [-0.39, 0.29) is 17.7 Å². The van der Waals surface area contributed by atoms with E-state index >= 15 is 0 Å². The van der Waals surface area contributed by atoms with E-state index in [0.717, 1.165) is 43.2 Å². The quantitative estimate of drug-likeness (QED) is 0.736. The van der Waals surface area contributed by atoms with Crippen LogP contribution in [0, 0.1) is 5.92 Å². The molecule has 0 saturated carbocycles. The first kappa shape index (κ1) is 17.7. The van der Waals surface area contributed by atoms with Gasteiger partial charge in [-0.25, -0.2) is 0 Å². The predicted molar refractivity (Wildman–Crippen MR) is 98.2 cm³/mol. The first-order valence-corrected chi connectivity index (χ1v) is 9.76. The Morgan fingerprint density at radius 1 is 1.00 bits per heavy atom. The Hall–Kier alpha value is -1.07. The number of hydrogen-bond acceptors (Lipinski definition) is 2. The zero-order valence-corrected chi connectivity index (χ0v) is 16.0. The lowest BCUT2D eigenvalue weighted by Gasteiger charge is -2.35. The maximum atomic E-state index is 12.7. The maximum Gasteiger partial charge on any atom is 0.255 e. The summed E-state index contributed by atoms with van der Waals surface area (Å²) in [6.07, 6.45) is 4.94. The Morgan fingerprint density at radius 3 is 2.33 bits per heavy atom.